The lowest BCUT2D eigenvalue weighted by molar-refractivity contribution is -0.154. The van der Waals surface area contributed by atoms with E-state index in [1.807, 2.05) is 0 Å². The molecule has 0 aromatic heterocycles. The molecule has 2 aromatic carbocycles. The van der Waals surface area contributed by atoms with E-state index in [-0.39, 0.29) is 5.69 Å². The molecule has 0 saturated carbocycles. The zero-order valence-corrected chi connectivity index (χ0v) is 19.2. The highest BCUT2D eigenvalue weighted by Crippen LogP contribution is 2.52. The number of nitrogens with one attached hydrogen (secondary N) is 1. The molecule has 2 amide bonds. The third-order valence-corrected chi connectivity index (χ3v) is 7.35. The summed E-state index contributed by atoms with van der Waals surface area (Å²) in [5.74, 6) is -4.09. The number of halogens is 1. The van der Waals surface area contributed by atoms with Gasteiger partial charge in [0.15, 0.2) is 17.0 Å². The molecule has 0 spiro atoms. The molecule has 2 fully saturated rings. The fourth-order valence-corrected chi connectivity index (χ4v) is 5.39. The highest BCUT2D eigenvalue weighted by molar-refractivity contribution is 6.32. The number of aliphatic carboxylic acids is 1. The van der Waals surface area contributed by atoms with Crippen LogP contribution in [0.4, 0.5) is 5.69 Å². The van der Waals surface area contributed by atoms with Gasteiger partial charge >= 0.3 is 5.97 Å². The Morgan fingerprint density at radius 2 is 1.85 bits per heavy atom. The van der Waals surface area contributed by atoms with Crippen molar-refractivity contribution in [2.24, 2.45) is 11.8 Å². The van der Waals surface area contributed by atoms with Gasteiger partial charge in [0, 0.05) is 11.1 Å². The summed E-state index contributed by atoms with van der Waals surface area (Å²) < 4.78 is 11.2. The molecular formula is C24H23ClN2O7. The lowest BCUT2D eigenvalue weighted by atomic mass is 9.76. The van der Waals surface area contributed by atoms with E-state index in [2.05, 4.69) is 5.32 Å². The average Bonchev–Trinajstić information content (AvgIpc) is 3.30. The van der Waals surface area contributed by atoms with E-state index < -0.39 is 47.3 Å². The van der Waals surface area contributed by atoms with E-state index in [9.17, 15) is 24.6 Å². The lowest BCUT2D eigenvalue weighted by Gasteiger charge is -2.33. The number of aliphatic hydroxyl groups excluding tert-OH is 1. The Labute approximate surface area is 200 Å². The van der Waals surface area contributed by atoms with Gasteiger partial charge in [0.2, 0.25) is 11.8 Å². The number of aliphatic hydroxyl groups is 1. The maximum absolute atomic E-state index is 13.7. The fraction of sp³-hybridized carbons (Fsp3) is 0.375. The van der Waals surface area contributed by atoms with E-state index in [0.717, 1.165) is 10.5 Å². The summed E-state index contributed by atoms with van der Waals surface area (Å²) in [5.41, 5.74) is -0.498. The van der Waals surface area contributed by atoms with E-state index in [0.29, 0.717) is 35.3 Å². The normalized spacial score (nSPS) is 28.7. The molecule has 3 aliphatic heterocycles. The highest BCUT2D eigenvalue weighted by Gasteiger charge is 2.70. The van der Waals surface area contributed by atoms with Crippen molar-refractivity contribution >= 4 is 35.1 Å². The standard InChI is InChI=1S/C24H23ClN2O7/c1-11-3-5-14(10-15(11)25)27-21(29)18-19(22(27)30)24(12(2)28,23(31)32)26-20(18)13-4-6-16-17(9-13)34-8-7-33-16/h3-6,9-10,12,18-20,26,28H,7-8H2,1-2H3,(H,31,32). The number of carboxylic acid groups (broad SMARTS) is 1. The fourth-order valence-electron chi connectivity index (χ4n) is 5.22. The van der Waals surface area contributed by atoms with Gasteiger partial charge in [-0.2, -0.15) is 0 Å². The van der Waals surface area contributed by atoms with Crippen molar-refractivity contribution in [2.75, 3.05) is 18.1 Å². The van der Waals surface area contributed by atoms with Crippen LogP contribution in [0, 0.1) is 18.8 Å². The predicted octanol–water partition coefficient (Wildman–Crippen LogP) is 2.07. The summed E-state index contributed by atoms with van der Waals surface area (Å²) in [6, 6.07) is 8.97. The SMILES string of the molecule is Cc1ccc(N2C(=O)C3C(c4ccc5c(c4)OCCO5)NC(C(=O)O)(C(C)O)C3C2=O)cc1Cl. The minimum atomic E-state index is -2.07. The van der Waals surface area contributed by atoms with Crippen molar-refractivity contribution in [1.82, 2.24) is 5.32 Å². The Hall–Kier alpha value is -3.14. The number of rotatable bonds is 4. The maximum atomic E-state index is 13.7. The first-order chi connectivity index (χ1) is 16.2. The molecule has 0 bridgehead atoms. The molecule has 2 aromatic rings. The second kappa shape index (κ2) is 7.97. The monoisotopic (exact) mass is 486 g/mol. The quantitative estimate of drug-likeness (QED) is 0.561. The maximum Gasteiger partial charge on any atom is 0.327 e. The largest absolute Gasteiger partial charge is 0.486 e. The number of hydrogen-bond acceptors (Lipinski definition) is 7. The molecule has 3 aliphatic rings. The van der Waals surface area contributed by atoms with Crippen molar-refractivity contribution < 1.29 is 34.1 Å². The number of hydrogen-bond donors (Lipinski definition) is 3. The number of aryl methyl sites for hydroxylation is 1. The van der Waals surface area contributed by atoms with Gasteiger partial charge in [-0.3, -0.25) is 19.7 Å². The predicted molar refractivity (Wildman–Crippen MR) is 121 cm³/mol. The van der Waals surface area contributed by atoms with Crippen molar-refractivity contribution in [3.05, 3.63) is 52.5 Å². The number of carbonyl (C=O) groups is 3. The number of amides is 2. The summed E-state index contributed by atoms with van der Waals surface area (Å²) >= 11 is 6.24. The van der Waals surface area contributed by atoms with Gasteiger partial charge < -0.3 is 19.7 Å². The summed E-state index contributed by atoms with van der Waals surface area (Å²) in [6.45, 7) is 3.85. The van der Waals surface area contributed by atoms with Crippen molar-refractivity contribution in [3.8, 4) is 11.5 Å². The Balaban J connectivity index is 1.64. The van der Waals surface area contributed by atoms with Gasteiger partial charge in [0.05, 0.1) is 23.6 Å². The van der Waals surface area contributed by atoms with Gasteiger partial charge in [-0.15, -0.1) is 0 Å². The van der Waals surface area contributed by atoms with Crippen LogP contribution >= 0.6 is 11.6 Å². The Morgan fingerprint density at radius 3 is 2.50 bits per heavy atom. The molecule has 2 saturated heterocycles. The highest BCUT2D eigenvalue weighted by atomic mass is 35.5. The molecule has 10 heteroatoms. The molecule has 0 radical (unpaired) electrons. The molecule has 3 heterocycles. The van der Waals surface area contributed by atoms with E-state index in [1.165, 1.54) is 13.0 Å². The second-order valence-electron chi connectivity index (χ2n) is 8.82. The van der Waals surface area contributed by atoms with Crippen molar-refractivity contribution in [1.29, 1.82) is 0 Å². The van der Waals surface area contributed by atoms with Crippen LogP contribution in [0.1, 0.15) is 24.1 Å². The van der Waals surface area contributed by atoms with Crippen molar-refractivity contribution in [3.63, 3.8) is 0 Å². The van der Waals surface area contributed by atoms with Gasteiger partial charge in [-0.1, -0.05) is 23.7 Å². The number of benzene rings is 2. The minimum Gasteiger partial charge on any atom is -0.486 e. The van der Waals surface area contributed by atoms with E-state index in [1.54, 1.807) is 37.3 Å². The molecule has 3 N–H and O–H groups in total. The van der Waals surface area contributed by atoms with Crippen LogP contribution in [0.15, 0.2) is 36.4 Å². The molecule has 9 nitrogen and oxygen atoms in total. The molecule has 34 heavy (non-hydrogen) atoms. The average molecular weight is 487 g/mol. The third kappa shape index (κ3) is 3.11. The summed E-state index contributed by atoms with van der Waals surface area (Å²) in [6.07, 6.45) is -1.47. The Bertz CT molecular complexity index is 1220. The number of fused-ring (bicyclic) bond motifs is 2. The van der Waals surface area contributed by atoms with Gasteiger partial charge in [-0.25, -0.2) is 4.90 Å². The smallest absolute Gasteiger partial charge is 0.327 e. The molecule has 178 valence electrons. The van der Waals surface area contributed by atoms with Crippen LogP contribution in [0.3, 0.4) is 0 Å². The molecular weight excluding hydrogens is 464 g/mol. The minimum absolute atomic E-state index is 0.255. The van der Waals surface area contributed by atoms with Crippen molar-refractivity contribution in [2.45, 2.75) is 31.5 Å². The zero-order chi connectivity index (χ0) is 24.4. The number of ether oxygens (including phenoxy) is 2. The first kappa shape index (κ1) is 22.6. The molecule has 5 atom stereocenters. The first-order valence-corrected chi connectivity index (χ1v) is 11.3. The summed E-state index contributed by atoms with van der Waals surface area (Å²) in [7, 11) is 0. The summed E-state index contributed by atoms with van der Waals surface area (Å²) in [4.78, 5) is 40.8. The number of nitrogens with zero attached hydrogens (tertiary/aromatic N) is 1. The van der Waals surface area contributed by atoms with Crippen LogP contribution in [0.5, 0.6) is 11.5 Å². The topological polar surface area (TPSA) is 125 Å². The second-order valence-corrected chi connectivity index (χ2v) is 9.23. The van der Waals surface area contributed by atoms with E-state index >= 15 is 0 Å². The Morgan fingerprint density at radius 1 is 1.15 bits per heavy atom. The third-order valence-electron chi connectivity index (χ3n) is 6.95. The van der Waals surface area contributed by atoms with Crippen LogP contribution < -0.4 is 19.7 Å². The van der Waals surface area contributed by atoms with Crippen LogP contribution in [0.25, 0.3) is 0 Å². The Kier molecular flexibility index (Phi) is 5.31. The number of carbonyl (C=O) groups excluding carboxylic acids is 2. The molecule has 5 unspecified atom stereocenters. The number of anilines is 1. The lowest BCUT2D eigenvalue weighted by Crippen LogP contribution is -2.62. The molecule has 0 aliphatic carbocycles. The van der Waals surface area contributed by atoms with E-state index in [4.69, 9.17) is 21.1 Å². The van der Waals surface area contributed by atoms with Gasteiger partial charge in [-0.05, 0) is 49.2 Å². The van der Waals surface area contributed by atoms with Gasteiger partial charge in [0.25, 0.3) is 0 Å². The van der Waals surface area contributed by atoms with Crippen LogP contribution in [-0.4, -0.2) is 52.9 Å². The van der Waals surface area contributed by atoms with Gasteiger partial charge in [0.1, 0.15) is 13.2 Å². The first-order valence-electron chi connectivity index (χ1n) is 10.9. The summed E-state index contributed by atoms with van der Waals surface area (Å²) in [5, 5.41) is 24.1. The number of carboxylic acids is 1. The van der Waals surface area contributed by atoms with Crippen LogP contribution in [0.2, 0.25) is 5.02 Å². The zero-order valence-electron chi connectivity index (χ0n) is 18.4. The van der Waals surface area contributed by atoms with Crippen LogP contribution in [-0.2, 0) is 14.4 Å². The number of imide groups is 1. The molecule has 5 rings (SSSR count).